The van der Waals surface area contributed by atoms with Crippen molar-refractivity contribution in [1.29, 1.82) is 0 Å². The first-order chi connectivity index (χ1) is 11.2. The van der Waals surface area contributed by atoms with Gasteiger partial charge in [-0.1, -0.05) is 24.3 Å². The molecule has 3 rings (SSSR count). The molecule has 0 atom stereocenters. The van der Waals surface area contributed by atoms with Gasteiger partial charge < -0.3 is 4.57 Å². The summed E-state index contributed by atoms with van der Waals surface area (Å²) >= 11 is 1.57. The monoisotopic (exact) mass is 323 g/mol. The molecule has 23 heavy (non-hydrogen) atoms. The fourth-order valence-corrected chi connectivity index (χ4v) is 3.13. The van der Waals surface area contributed by atoms with E-state index in [0.717, 1.165) is 22.0 Å². The third-order valence-corrected chi connectivity index (χ3v) is 4.40. The summed E-state index contributed by atoms with van der Waals surface area (Å²) in [5, 5.41) is 5.99. The van der Waals surface area contributed by atoms with Crippen molar-refractivity contribution in [3.05, 3.63) is 75.7 Å². The molecule has 1 amide bonds. The molecule has 3 aromatic rings. The van der Waals surface area contributed by atoms with Gasteiger partial charge in [0.05, 0.1) is 11.8 Å². The first-order valence-corrected chi connectivity index (χ1v) is 8.16. The normalized spacial score (nSPS) is 11.0. The van der Waals surface area contributed by atoms with Crippen LogP contribution in [0, 0.1) is 13.8 Å². The molecule has 0 fully saturated rings. The van der Waals surface area contributed by atoms with Gasteiger partial charge in [-0.15, -0.1) is 11.3 Å². The van der Waals surface area contributed by atoms with E-state index in [0.29, 0.717) is 5.56 Å². The molecule has 0 radical (unpaired) electrons. The summed E-state index contributed by atoms with van der Waals surface area (Å²) in [4.78, 5) is 13.4. The Morgan fingerprint density at radius 1 is 1.17 bits per heavy atom. The zero-order valence-electron chi connectivity index (χ0n) is 13.0. The molecule has 2 heterocycles. The molecule has 2 aromatic heterocycles. The molecule has 0 spiro atoms. The van der Waals surface area contributed by atoms with E-state index < -0.39 is 0 Å². The minimum Gasteiger partial charge on any atom is -0.318 e. The van der Waals surface area contributed by atoms with Crippen molar-refractivity contribution in [2.24, 2.45) is 5.10 Å². The van der Waals surface area contributed by atoms with E-state index in [9.17, 15) is 4.79 Å². The number of thiophene rings is 1. The summed E-state index contributed by atoms with van der Waals surface area (Å²) in [6.45, 7) is 3.93. The molecule has 5 heteroatoms. The van der Waals surface area contributed by atoms with E-state index in [2.05, 4.69) is 15.1 Å². The molecule has 1 N–H and O–H groups in total. The van der Waals surface area contributed by atoms with Crippen molar-refractivity contribution < 1.29 is 4.79 Å². The average Bonchev–Trinajstić information content (AvgIpc) is 3.16. The number of rotatable bonds is 4. The van der Waals surface area contributed by atoms with Crippen LogP contribution in [-0.4, -0.2) is 16.7 Å². The maximum absolute atomic E-state index is 12.4. The number of aryl methyl sites for hydroxylation is 1. The topological polar surface area (TPSA) is 46.4 Å². The minimum atomic E-state index is -0.201. The Morgan fingerprint density at radius 3 is 2.65 bits per heavy atom. The molecular formula is C18H17N3OS. The van der Waals surface area contributed by atoms with Gasteiger partial charge in [-0.3, -0.25) is 4.79 Å². The molecule has 0 unspecified atom stereocenters. The fourth-order valence-electron chi connectivity index (χ4n) is 2.55. The summed E-state index contributed by atoms with van der Waals surface area (Å²) in [6, 6.07) is 15.8. The van der Waals surface area contributed by atoms with Crippen LogP contribution in [0.5, 0.6) is 0 Å². The number of hydrogen-bond acceptors (Lipinski definition) is 3. The van der Waals surface area contributed by atoms with Crippen LogP contribution in [0.15, 0.2) is 59.0 Å². The lowest BCUT2D eigenvalue weighted by atomic mass is 10.2. The lowest BCUT2D eigenvalue weighted by molar-refractivity contribution is 0.0954. The molecule has 116 valence electrons. The van der Waals surface area contributed by atoms with Gasteiger partial charge in [0.25, 0.3) is 5.91 Å². The maximum atomic E-state index is 12.4. The van der Waals surface area contributed by atoms with Crippen molar-refractivity contribution >= 4 is 23.5 Å². The van der Waals surface area contributed by atoms with E-state index in [1.54, 1.807) is 17.6 Å². The molecule has 0 aliphatic heterocycles. The highest BCUT2D eigenvalue weighted by Gasteiger charge is 2.16. The highest BCUT2D eigenvalue weighted by atomic mass is 32.1. The number of hydrazone groups is 1. The van der Waals surface area contributed by atoms with E-state index in [1.165, 1.54) is 0 Å². The second kappa shape index (κ2) is 6.62. The number of nitrogens with one attached hydrogen (secondary N) is 1. The Hall–Kier alpha value is -2.66. The number of benzene rings is 1. The lowest BCUT2D eigenvalue weighted by Gasteiger charge is -2.09. The number of hydrogen-bond donors (Lipinski definition) is 1. The van der Waals surface area contributed by atoms with Gasteiger partial charge >= 0.3 is 0 Å². The number of amides is 1. The number of para-hydroxylation sites is 1. The summed E-state index contributed by atoms with van der Waals surface area (Å²) in [7, 11) is 0. The molecule has 0 bridgehead atoms. The van der Waals surface area contributed by atoms with Crippen LogP contribution in [0.3, 0.4) is 0 Å². The predicted octanol–water partition coefficient (Wildman–Crippen LogP) is 3.92. The summed E-state index contributed by atoms with van der Waals surface area (Å²) in [5.74, 6) is -0.201. The van der Waals surface area contributed by atoms with Gasteiger partial charge in [-0.05, 0) is 43.5 Å². The second-order valence-corrected chi connectivity index (χ2v) is 6.15. The smallest absolute Gasteiger partial charge is 0.273 e. The van der Waals surface area contributed by atoms with Crippen molar-refractivity contribution in [3.63, 3.8) is 0 Å². The van der Waals surface area contributed by atoms with Crippen LogP contribution in [0.2, 0.25) is 0 Å². The first-order valence-electron chi connectivity index (χ1n) is 7.28. The van der Waals surface area contributed by atoms with Crippen LogP contribution in [0.1, 0.15) is 26.6 Å². The maximum Gasteiger partial charge on any atom is 0.273 e. The Kier molecular flexibility index (Phi) is 4.39. The summed E-state index contributed by atoms with van der Waals surface area (Å²) in [5.41, 5.74) is 6.19. The van der Waals surface area contributed by atoms with Crippen LogP contribution >= 0.6 is 11.3 Å². The van der Waals surface area contributed by atoms with Gasteiger partial charge in [0.1, 0.15) is 0 Å². The quantitative estimate of drug-likeness (QED) is 0.574. The standard InChI is InChI=1S/C18H17N3OS/c1-13-11-17(14(2)21(13)15-7-4-3-5-8-15)18(22)20-19-12-16-9-6-10-23-16/h3-12H,1-2H3,(H,20,22)/b19-12-. The average molecular weight is 323 g/mol. The highest BCUT2D eigenvalue weighted by Crippen LogP contribution is 2.20. The fraction of sp³-hybridized carbons (Fsp3) is 0.111. The Labute approximate surface area is 139 Å². The SMILES string of the molecule is Cc1cc(C(=O)N/N=C\c2cccs2)c(C)n1-c1ccccc1. The van der Waals surface area contributed by atoms with Gasteiger partial charge in [-0.25, -0.2) is 5.43 Å². The molecular weight excluding hydrogens is 306 g/mol. The molecule has 1 aromatic carbocycles. The van der Waals surface area contributed by atoms with Gasteiger partial charge in [0, 0.05) is 22.0 Å². The lowest BCUT2D eigenvalue weighted by Crippen LogP contribution is -2.18. The Morgan fingerprint density at radius 2 is 1.96 bits per heavy atom. The third kappa shape index (κ3) is 3.24. The summed E-state index contributed by atoms with van der Waals surface area (Å²) < 4.78 is 2.07. The van der Waals surface area contributed by atoms with Gasteiger partial charge in [0.2, 0.25) is 0 Å². The first kappa shape index (κ1) is 15.2. The second-order valence-electron chi connectivity index (χ2n) is 5.17. The van der Waals surface area contributed by atoms with Crippen molar-refractivity contribution in [1.82, 2.24) is 9.99 Å². The Bertz CT molecular complexity index is 833. The number of carbonyl (C=O) groups excluding carboxylic acids is 1. The van der Waals surface area contributed by atoms with E-state index in [1.807, 2.05) is 67.8 Å². The van der Waals surface area contributed by atoms with Gasteiger partial charge in [0.15, 0.2) is 0 Å². The summed E-state index contributed by atoms with van der Waals surface area (Å²) in [6.07, 6.45) is 1.65. The van der Waals surface area contributed by atoms with Crippen LogP contribution in [-0.2, 0) is 0 Å². The molecule has 0 aliphatic carbocycles. The highest BCUT2D eigenvalue weighted by molar-refractivity contribution is 7.11. The zero-order chi connectivity index (χ0) is 16.2. The van der Waals surface area contributed by atoms with Crippen LogP contribution in [0.4, 0.5) is 0 Å². The van der Waals surface area contributed by atoms with Crippen molar-refractivity contribution in [3.8, 4) is 5.69 Å². The Balaban J connectivity index is 1.82. The van der Waals surface area contributed by atoms with E-state index in [-0.39, 0.29) is 5.91 Å². The largest absolute Gasteiger partial charge is 0.318 e. The number of carbonyl (C=O) groups is 1. The molecule has 0 saturated carbocycles. The molecule has 4 nitrogen and oxygen atoms in total. The van der Waals surface area contributed by atoms with Crippen molar-refractivity contribution in [2.45, 2.75) is 13.8 Å². The third-order valence-electron chi connectivity index (χ3n) is 3.59. The van der Waals surface area contributed by atoms with Crippen LogP contribution in [0.25, 0.3) is 5.69 Å². The number of nitrogens with zero attached hydrogens (tertiary/aromatic N) is 2. The van der Waals surface area contributed by atoms with E-state index in [4.69, 9.17) is 0 Å². The minimum absolute atomic E-state index is 0.201. The van der Waals surface area contributed by atoms with Crippen LogP contribution < -0.4 is 5.43 Å². The van der Waals surface area contributed by atoms with Crippen molar-refractivity contribution in [2.75, 3.05) is 0 Å². The van der Waals surface area contributed by atoms with Gasteiger partial charge in [-0.2, -0.15) is 5.10 Å². The molecule has 0 saturated heterocycles. The number of aromatic nitrogens is 1. The zero-order valence-corrected chi connectivity index (χ0v) is 13.8. The van der Waals surface area contributed by atoms with E-state index >= 15 is 0 Å². The predicted molar refractivity (Wildman–Crippen MR) is 94.6 cm³/mol. The molecule has 0 aliphatic rings.